The summed E-state index contributed by atoms with van der Waals surface area (Å²) >= 11 is 1.69. The van der Waals surface area contributed by atoms with Gasteiger partial charge in [0.25, 0.3) is 5.91 Å². The Kier molecular flexibility index (Phi) is 4.49. The Balaban J connectivity index is 1.68. The third-order valence-corrected chi connectivity index (χ3v) is 5.74. The van der Waals surface area contributed by atoms with Crippen LogP contribution in [-0.2, 0) is 6.54 Å². The molecule has 4 nitrogen and oxygen atoms in total. The van der Waals surface area contributed by atoms with Gasteiger partial charge in [0.15, 0.2) is 0 Å². The summed E-state index contributed by atoms with van der Waals surface area (Å²) in [6.45, 7) is 2.44. The Morgan fingerprint density at radius 1 is 1.12 bits per heavy atom. The minimum absolute atomic E-state index is 0.164. The normalized spacial score (nSPS) is 14.8. The lowest BCUT2D eigenvalue weighted by Crippen LogP contribution is -2.36. The number of carbonyl (C=O) groups is 1. The fourth-order valence-electron chi connectivity index (χ4n) is 3.50. The van der Waals surface area contributed by atoms with Gasteiger partial charge >= 0.3 is 0 Å². The van der Waals surface area contributed by atoms with E-state index in [0.29, 0.717) is 6.54 Å². The molecule has 130 valence electrons. The van der Waals surface area contributed by atoms with Crippen molar-refractivity contribution in [3.05, 3.63) is 53.0 Å². The van der Waals surface area contributed by atoms with Crippen molar-refractivity contribution in [2.75, 3.05) is 20.2 Å². The molecule has 1 saturated heterocycles. The lowest BCUT2D eigenvalue weighted by atomic mass is 10.1. The van der Waals surface area contributed by atoms with Crippen LogP contribution < -0.4 is 4.74 Å². The molecule has 4 rings (SSSR count). The third-order valence-electron chi connectivity index (χ3n) is 4.88. The molecule has 1 aliphatic heterocycles. The standard InChI is InChI=1S/C20H22N2O2S/c1-24-16-7-5-15(6-8-16)14-22-17-9-12-25-19(17)13-18(22)20(23)21-10-3-2-4-11-21/h5-9,12-13H,2-4,10-11,14H2,1H3. The van der Waals surface area contributed by atoms with E-state index >= 15 is 0 Å². The molecule has 0 N–H and O–H groups in total. The highest BCUT2D eigenvalue weighted by atomic mass is 32.1. The van der Waals surface area contributed by atoms with Gasteiger partial charge in [-0.25, -0.2) is 0 Å². The molecule has 1 amide bonds. The lowest BCUT2D eigenvalue weighted by molar-refractivity contribution is 0.0714. The van der Waals surface area contributed by atoms with Crippen molar-refractivity contribution in [3.63, 3.8) is 0 Å². The monoisotopic (exact) mass is 354 g/mol. The topological polar surface area (TPSA) is 34.5 Å². The van der Waals surface area contributed by atoms with Gasteiger partial charge in [-0.3, -0.25) is 4.79 Å². The number of rotatable bonds is 4. The van der Waals surface area contributed by atoms with Gasteiger partial charge in [-0.2, -0.15) is 0 Å². The number of hydrogen-bond acceptors (Lipinski definition) is 3. The zero-order chi connectivity index (χ0) is 17.2. The van der Waals surface area contributed by atoms with E-state index in [9.17, 15) is 4.79 Å². The molecule has 2 aromatic heterocycles. The number of piperidine rings is 1. The third kappa shape index (κ3) is 3.16. The molecule has 0 aliphatic carbocycles. The molecule has 25 heavy (non-hydrogen) atoms. The van der Waals surface area contributed by atoms with Crippen LogP contribution in [0.4, 0.5) is 0 Å². The van der Waals surface area contributed by atoms with E-state index in [2.05, 4.69) is 34.2 Å². The van der Waals surface area contributed by atoms with Gasteiger partial charge in [0.1, 0.15) is 11.4 Å². The Morgan fingerprint density at radius 3 is 2.60 bits per heavy atom. The molecule has 1 aliphatic rings. The smallest absolute Gasteiger partial charge is 0.270 e. The fourth-order valence-corrected chi connectivity index (χ4v) is 4.32. The predicted molar refractivity (Wildman–Crippen MR) is 102 cm³/mol. The first-order valence-electron chi connectivity index (χ1n) is 8.75. The van der Waals surface area contributed by atoms with Crippen LogP contribution in [0.15, 0.2) is 41.8 Å². The lowest BCUT2D eigenvalue weighted by Gasteiger charge is -2.27. The van der Waals surface area contributed by atoms with E-state index in [-0.39, 0.29) is 5.91 Å². The highest BCUT2D eigenvalue weighted by Gasteiger charge is 2.23. The number of thiophene rings is 1. The highest BCUT2D eigenvalue weighted by Crippen LogP contribution is 2.28. The van der Waals surface area contributed by atoms with Gasteiger partial charge in [0, 0.05) is 19.6 Å². The predicted octanol–water partition coefficient (Wildman–Crippen LogP) is 4.39. The van der Waals surface area contributed by atoms with Crippen LogP contribution in [0.1, 0.15) is 35.3 Å². The summed E-state index contributed by atoms with van der Waals surface area (Å²) in [7, 11) is 1.67. The Bertz CT molecular complexity index is 873. The molecule has 3 aromatic rings. The number of aromatic nitrogens is 1. The van der Waals surface area contributed by atoms with Crippen LogP contribution >= 0.6 is 11.3 Å². The van der Waals surface area contributed by atoms with Crippen molar-refractivity contribution in [1.29, 1.82) is 0 Å². The van der Waals surface area contributed by atoms with Gasteiger partial charge in [0.05, 0.1) is 17.3 Å². The van der Waals surface area contributed by atoms with Gasteiger partial charge < -0.3 is 14.2 Å². The number of ether oxygens (including phenoxy) is 1. The van der Waals surface area contributed by atoms with E-state index in [4.69, 9.17) is 4.74 Å². The first kappa shape index (κ1) is 16.2. The molecule has 0 bridgehead atoms. The van der Waals surface area contributed by atoms with E-state index < -0.39 is 0 Å². The van der Waals surface area contributed by atoms with Crippen LogP contribution in [0.3, 0.4) is 0 Å². The van der Waals surface area contributed by atoms with E-state index in [1.165, 1.54) is 11.1 Å². The molecule has 0 atom stereocenters. The first-order valence-corrected chi connectivity index (χ1v) is 9.63. The van der Waals surface area contributed by atoms with Crippen LogP contribution in [0, 0.1) is 0 Å². The molecule has 3 heterocycles. The van der Waals surface area contributed by atoms with Crippen LogP contribution in [-0.4, -0.2) is 35.6 Å². The highest BCUT2D eigenvalue weighted by molar-refractivity contribution is 7.17. The van der Waals surface area contributed by atoms with Crippen molar-refractivity contribution in [1.82, 2.24) is 9.47 Å². The Labute approximate surface area is 151 Å². The summed E-state index contributed by atoms with van der Waals surface area (Å²) in [5, 5.41) is 2.09. The largest absolute Gasteiger partial charge is 0.497 e. The van der Waals surface area contributed by atoms with Crippen molar-refractivity contribution >= 4 is 27.5 Å². The van der Waals surface area contributed by atoms with Crippen molar-refractivity contribution < 1.29 is 9.53 Å². The zero-order valence-electron chi connectivity index (χ0n) is 14.4. The maximum atomic E-state index is 13.1. The molecule has 5 heteroatoms. The fraction of sp³-hybridized carbons (Fsp3) is 0.350. The van der Waals surface area contributed by atoms with E-state index in [1.54, 1.807) is 18.4 Å². The van der Waals surface area contributed by atoms with Crippen molar-refractivity contribution in [2.24, 2.45) is 0 Å². The van der Waals surface area contributed by atoms with Gasteiger partial charge in [0.2, 0.25) is 0 Å². The summed E-state index contributed by atoms with van der Waals surface area (Å²) in [5.41, 5.74) is 3.11. The molecule has 1 aromatic carbocycles. The number of fused-ring (bicyclic) bond motifs is 1. The number of nitrogens with zero attached hydrogens (tertiary/aromatic N) is 2. The average Bonchev–Trinajstić information content (AvgIpc) is 3.25. The second-order valence-corrected chi connectivity index (χ2v) is 7.43. The second kappa shape index (κ2) is 6.92. The van der Waals surface area contributed by atoms with E-state index in [1.807, 2.05) is 17.0 Å². The summed E-state index contributed by atoms with van der Waals surface area (Å²) < 4.78 is 8.57. The Morgan fingerprint density at radius 2 is 1.88 bits per heavy atom. The van der Waals surface area contributed by atoms with Gasteiger partial charge in [-0.1, -0.05) is 12.1 Å². The zero-order valence-corrected chi connectivity index (χ0v) is 15.2. The first-order chi connectivity index (χ1) is 12.3. The number of methoxy groups -OCH3 is 1. The maximum absolute atomic E-state index is 13.1. The summed E-state index contributed by atoms with van der Waals surface area (Å²) in [6, 6.07) is 12.2. The second-order valence-electron chi connectivity index (χ2n) is 6.49. The van der Waals surface area contributed by atoms with Gasteiger partial charge in [-0.15, -0.1) is 11.3 Å². The van der Waals surface area contributed by atoms with Crippen LogP contribution in [0.25, 0.3) is 10.2 Å². The molecule has 0 radical (unpaired) electrons. The summed E-state index contributed by atoms with van der Waals surface area (Å²) in [6.07, 6.45) is 3.45. The number of likely N-dealkylation sites (tertiary alicyclic amines) is 1. The molecule has 0 saturated carbocycles. The molecular formula is C20H22N2O2S. The maximum Gasteiger partial charge on any atom is 0.270 e. The summed E-state index contributed by atoms with van der Waals surface area (Å²) in [5.74, 6) is 1.01. The van der Waals surface area contributed by atoms with Crippen LogP contribution in [0.5, 0.6) is 5.75 Å². The number of carbonyl (C=O) groups excluding carboxylic acids is 1. The van der Waals surface area contributed by atoms with Gasteiger partial charge in [-0.05, 0) is 54.5 Å². The number of amides is 1. The minimum Gasteiger partial charge on any atom is -0.497 e. The molecule has 1 fully saturated rings. The number of hydrogen-bond donors (Lipinski definition) is 0. The quantitative estimate of drug-likeness (QED) is 0.696. The van der Waals surface area contributed by atoms with Crippen LogP contribution in [0.2, 0.25) is 0 Å². The van der Waals surface area contributed by atoms with E-state index in [0.717, 1.165) is 48.5 Å². The van der Waals surface area contributed by atoms with Crippen molar-refractivity contribution in [2.45, 2.75) is 25.8 Å². The Hall–Kier alpha value is -2.27. The molecular weight excluding hydrogens is 332 g/mol. The minimum atomic E-state index is 0.164. The van der Waals surface area contributed by atoms with Crippen molar-refractivity contribution in [3.8, 4) is 5.75 Å². The molecule has 0 unspecified atom stereocenters. The average molecular weight is 354 g/mol. The molecule has 0 spiro atoms. The SMILES string of the molecule is COc1ccc(Cn2c(C(=O)N3CCCCC3)cc3sccc32)cc1. The summed E-state index contributed by atoms with van der Waals surface area (Å²) in [4.78, 5) is 15.1. The number of benzene rings is 1.